The van der Waals surface area contributed by atoms with E-state index >= 15 is 0 Å². The van der Waals surface area contributed by atoms with Gasteiger partial charge in [0, 0.05) is 6.26 Å². The third-order valence-electron chi connectivity index (χ3n) is 5.99. The average Bonchev–Trinajstić information content (AvgIpc) is 2.60. The molecule has 152 valence electrons. The number of carbonyl (C=O) groups excluding carboxylic acids is 1. The maximum atomic E-state index is 12.8. The highest BCUT2D eigenvalue weighted by atomic mass is 32.2. The van der Waals surface area contributed by atoms with Gasteiger partial charge in [0.25, 0.3) is 0 Å². The summed E-state index contributed by atoms with van der Waals surface area (Å²) in [5, 5.41) is 9.44. The molecule has 3 fully saturated rings. The monoisotopic (exact) mass is 416 g/mol. The van der Waals surface area contributed by atoms with Gasteiger partial charge in [0.2, 0.25) is 5.91 Å². The Morgan fingerprint density at radius 1 is 1.18 bits per heavy atom. The normalized spacial score (nSPS) is 27.2. The predicted molar refractivity (Wildman–Crippen MR) is 92.2 cm³/mol. The first-order valence-electron chi connectivity index (χ1n) is 8.66. The third-order valence-corrected chi connectivity index (χ3v) is 7.17. The zero-order valence-corrected chi connectivity index (χ0v) is 15.9. The lowest BCUT2D eigenvalue weighted by molar-refractivity contribution is -0.274. The number of sulfone groups is 1. The molecular formula is C18H19F3N2O4S. The lowest BCUT2D eigenvalue weighted by Gasteiger charge is -2.51. The molecule has 0 spiro atoms. The molecule has 0 radical (unpaired) electrons. The van der Waals surface area contributed by atoms with E-state index in [9.17, 15) is 31.6 Å². The Labute approximate surface area is 160 Å². The Hall–Kier alpha value is -2.28. The number of hydrogen-bond donors (Lipinski definition) is 1. The fraction of sp³-hybridized carbons (Fsp3) is 0.556. The Balaban J connectivity index is 2.24. The molecule has 1 aromatic rings. The van der Waals surface area contributed by atoms with Crippen LogP contribution in [-0.4, -0.2) is 26.9 Å². The van der Waals surface area contributed by atoms with Crippen molar-refractivity contribution in [2.24, 2.45) is 11.1 Å². The van der Waals surface area contributed by atoms with Gasteiger partial charge in [-0.15, -0.1) is 13.2 Å². The van der Waals surface area contributed by atoms with Gasteiger partial charge in [0.15, 0.2) is 9.84 Å². The summed E-state index contributed by atoms with van der Waals surface area (Å²) in [6.07, 6.45) is -1.24. The van der Waals surface area contributed by atoms with Gasteiger partial charge in [-0.05, 0) is 61.6 Å². The third kappa shape index (κ3) is 3.55. The molecule has 0 heterocycles. The largest absolute Gasteiger partial charge is 0.573 e. The highest BCUT2D eigenvalue weighted by Crippen LogP contribution is 2.59. The molecule has 0 unspecified atom stereocenters. The maximum Gasteiger partial charge on any atom is 0.573 e. The van der Waals surface area contributed by atoms with E-state index < -0.39 is 44.2 Å². The van der Waals surface area contributed by atoms with Crippen LogP contribution in [0.15, 0.2) is 17.0 Å². The van der Waals surface area contributed by atoms with Gasteiger partial charge < -0.3 is 10.5 Å². The minimum absolute atomic E-state index is 0.122. The van der Waals surface area contributed by atoms with E-state index in [0.29, 0.717) is 38.5 Å². The molecule has 3 aliphatic rings. The zero-order chi connectivity index (χ0) is 21.0. The molecule has 4 rings (SSSR count). The molecule has 10 heteroatoms. The minimum atomic E-state index is -5.01. The zero-order valence-electron chi connectivity index (χ0n) is 15.1. The van der Waals surface area contributed by atoms with E-state index in [1.54, 1.807) is 0 Å². The maximum absolute atomic E-state index is 12.8. The average molecular weight is 416 g/mol. The molecule has 0 aromatic heterocycles. The van der Waals surface area contributed by atoms with Gasteiger partial charge in [0.05, 0.1) is 21.9 Å². The van der Waals surface area contributed by atoms with Crippen LogP contribution >= 0.6 is 0 Å². The number of rotatable bonds is 4. The van der Waals surface area contributed by atoms with E-state index in [1.165, 1.54) is 0 Å². The van der Waals surface area contributed by atoms with Crippen LogP contribution in [0.2, 0.25) is 0 Å². The first-order chi connectivity index (χ1) is 12.8. The second kappa shape index (κ2) is 6.37. The number of primary amides is 1. The van der Waals surface area contributed by atoms with Gasteiger partial charge in [-0.1, -0.05) is 0 Å². The summed E-state index contributed by atoms with van der Waals surface area (Å²) in [6.45, 7) is 0. The molecule has 0 aliphatic heterocycles. The van der Waals surface area contributed by atoms with Crippen LogP contribution in [0.3, 0.4) is 0 Å². The molecule has 1 aromatic carbocycles. The Morgan fingerprint density at radius 3 is 2.11 bits per heavy atom. The Kier molecular flexibility index (Phi) is 4.65. The number of nitriles is 1. The molecule has 6 nitrogen and oxygen atoms in total. The Bertz CT molecular complexity index is 955. The van der Waals surface area contributed by atoms with E-state index in [1.807, 2.05) is 0 Å². The molecule has 0 saturated heterocycles. The van der Waals surface area contributed by atoms with Crippen LogP contribution in [0, 0.1) is 16.7 Å². The molecule has 0 atom stereocenters. The molecule has 3 saturated carbocycles. The van der Waals surface area contributed by atoms with Crippen molar-refractivity contribution in [3.8, 4) is 11.8 Å². The van der Waals surface area contributed by atoms with Crippen molar-refractivity contribution in [2.75, 3.05) is 6.26 Å². The topological polar surface area (TPSA) is 110 Å². The van der Waals surface area contributed by atoms with E-state index in [0.717, 1.165) is 18.4 Å². The molecular weight excluding hydrogens is 397 g/mol. The van der Waals surface area contributed by atoms with E-state index in [4.69, 9.17) is 5.73 Å². The van der Waals surface area contributed by atoms with Crippen molar-refractivity contribution < 1.29 is 31.1 Å². The fourth-order valence-electron chi connectivity index (χ4n) is 4.53. The van der Waals surface area contributed by atoms with Crippen LogP contribution in [0.25, 0.3) is 0 Å². The van der Waals surface area contributed by atoms with Gasteiger partial charge in [0.1, 0.15) is 5.75 Å². The van der Waals surface area contributed by atoms with Crippen molar-refractivity contribution in [2.45, 2.75) is 55.2 Å². The number of nitrogens with zero attached hydrogens (tertiary/aromatic N) is 1. The summed E-state index contributed by atoms with van der Waals surface area (Å²) in [5.41, 5.74) is 3.68. The standard InChI is InChI=1S/C18H19F3N2O4S/c1-28(25,26)14-12(15(23)24)8-11(27-18(19,20)21)9-13(14)17-5-2-16(10-22,3-6-17)4-7-17/h8-9H,2-7H2,1H3,(H2,23,24). The summed E-state index contributed by atoms with van der Waals surface area (Å²) >= 11 is 0. The summed E-state index contributed by atoms with van der Waals surface area (Å²) in [6, 6.07) is 4.10. The minimum Gasteiger partial charge on any atom is -0.406 e. The van der Waals surface area contributed by atoms with E-state index in [2.05, 4.69) is 10.8 Å². The number of nitrogens with two attached hydrogens (primary N) is 1. The molecule has 3 aliphatic carbocycles. The van der Waals surface area contributed by atoms with Crippen LogP contribution in [0.5, 0.6) is 5.75 Å². The van der Waals surface area contributed by atoms with Crippen molar-refractivity contribution in [3.05, 3.63) is 23.3 Å². The fourth-order valence-corrected chi connectivity index (χ4v) is 5.76. The summed E-state index contributed by atoms with van der Waals surface area (Å²) in [5.74, 6) is -1.83. The number of carbonyl (C=O) groups is 1. The second-order valence-electron chi connectivity index (χ2n) is 7.70. The number of hydrogen-bond acceptors (Lipinski definition) is 5. The lowest BCUT2D eigenvalue weighted by atomic mass is 9.52. The number of halogens is 3. The summed E-state index contributed by atoms with van der Waals surface area (Å²) in [7, 11) is -3.97. The number of alkyl halides is 3. The first kappa shape index (κ1) is 20.5. The number of ether oxygens (including phenoxy) is 1. The quantitative estimate of drug-likeness (QED) is 0.810. The number of fused-ring (bicyclic) bond motifs is 3. The van der Waals surface area contributed by atoms with Crippen molar-refractivity contribution in [3.63, 3.8) is 0 Å². The van der Waals surface area contributed by atoms with E-state index in [-0.39, 0.29) is 10.5 Å². The van der Waals surface area contributed by atoms with Gasteiger partial charge in [-0.25, -0.2) is 8.42 Å². The van der Waals surface area contributed by atoms with Crippen LogP contribution in [0.4, 0.5) is 13.2 Å². The number of benzene rings is 1. The molecule has 2 bridgehead atoms. The molecule has 2 N–H and O–H groups in total. The van der Waals surface area contributed by atoms with Gasteiger partial charge >= 0.3 is 6.36 Å². The predicted octanol–water partition coefficient (Wildman–Crippen LogP) is 3.20. The summed E-state index contributed by atoms with van der Waals surface area (Å²) < 4.78 is 67.3. The highest BCUT2D eigenvalue weighted by molar-refractivity contribution is 7.90. The van der Waals surface area contributed by atoms with Gasteiger partial charge in [-0.2, -0.15) is 5.26 Å². The smallest absolute Gasteiger partial charge is 0.406 e. The second-order valence-corrected chi connectivity index (χ2v) is 9.66. The lowest BCUT2D eigenvalue weighted by Crippen LogP contribution is -2.44. The summed E-state index contributed by atoms with van der Waals surface area (Å²) in [4.78, 5) is 11.6. The van der Waals surface area contributed by atoms with Crippen LogP contribution in [0.1, 0.15) is 54.4 Å². The molecule has 28 heavy (non-hydrogen) atoms. The highest BCUT2D eigenvalue weighted by Gasteiger charge is 2.51. The van der Waals surface area contributed by atoms with Crippen LogP contribution in [-0.2, 0) is 15.3 Å². The SMILES string of the molecule is CS(=O)(=O)c1c(C(N)=O)cc(OC(F)(F)F)cc1C12CCC(C#N)(CC1)CC2. The van der Waals surface area contributed by atoms with Crippen molar-refractivity contribution in [1.29, 1.82) is 5.26 Å². The van der Waals surface area contributed by atoms with Gasteiger partial charge in [-0.3, -0.25) is 4.79 Å². The Morgan fingerprint density at radius 2 is 1.71 bits per heavy atom. The molecule has 1 amide bonds. The number of amides is 1. The van der Waals surface area contributed by atoms with Crippen molar-refractivity contribution >= 4 is 15.7 Å². The van der Waals surface area contributed by atoms with Crippen LogP contribution < -0.4 is 10.5 Å². The van der Waals surface area contributed by atoms with Crippen molar-refractivity contribution in [1.82, 2.24) is 0 Å². The first-order valence-corrected chi connectivity index (χ1v) is 10.6.